The predicted octanol–water partition coefficient (Wildman–Crippen LogP) is 7.60. The zero-order chi connectivity index (χ0) is 59.3. The van der Waals surface area contributed by atoms with E-state index in [1.54, 1.807) is 121 Å². The Morgan fingerprint density at radius 2 is 0.536 bits per heavy atom. The number of esters is 4. The molecule has 4 aromatic heterocycles. The van der Waals surface area contributed by atoms with Gasteiger partial charge in [-0.15, -0.1) is 0 Å². The SMILES string of the molecule is Cc1oc2nc1C(=O)N[C@@H](CC(=O)OCc1ccccc1)c1nc(c(C)o1)C(=O)N[C@@H](CC(=O)OCc1ccccc1)c1nc(c(C)o1)C(=O)N[C@@H](CC(=O)OCc1ccccc1)c1nc(c(C)o1)C(=O)N[C@H]2CC(=O)OCc1ccccc1. The minimum absolute atomic E-state index is 0.102. The van der Waals surface area contributed by atoms with Crippen molar-refractivity contribution >= 4 is 47.5 Å². The van der Waals surface area contributed by atoms with Crippen molar-refractivity contribution in [2.75, 3.05) is 0 Å². The van der Waals surface area contributed by atoms with Crippen LogP contribution in [0.25, 0.3) is 0 Å². The summed E-state index contributed by atoms with van der Waals surface area (Å²) in [4.78, 5) is 130. The van der Waals surface area contributed by atoms with Gasteiger partial charge in [-0.2, -0.15) is 0 Å². The average Bonchev–Trinajstić information content (AvgIpc) is 4.50. The summed E-state index contributed by atoms with van der Waals surface area (Å²) in [7, 11) is 0. The Morgan fingerprint density at radius 3 is 0.726 bits per heavy atom. The van der Waals surface area contributed by atoms with Crippen molar-refractivity contribution in [2.24, 2.45) is 0 Å². The molecule has 9 rings (SSSR count). The van der Waals surface area contributed by atoms with E-state index in [4.69, 9.17) is 36.6 Å². The number of nitrogens with one attached hydrogen (secondary N) is 4. The van der Waals surface area contributed by atoms with Gasteiger partial charge >= 0.3 is 23.9 Å². The van der Waals surface area contributed by atoms with Crippen LogP contribution in [0.5, 0.6) is 0 Å². The molecule has 4 atom stereocenters. The number of carbonyl (C=O) groups excluding carboxylic acids is 8. The normalized spacial score (nSPS) is 16.4. The molecule has 1 aliphatic rings. The Morgan fingerprint density at radius 1 is 0.345 bits per heavy atom. The van der Waals surface area contributed by atoms with E-state index < -0.39 is 97.4 Å². The van der Waals surface area contributed by atoms with Crippen LogP contribution in [0.1, 0.15) is 161 Å². The fourth-order valence-electron chi connectivity index (χ4n) is 8.67. The second-order valence-corrected chi connectivity index (χ2v) is 19.3. The number of aryl methyl sites for hydroxylation is 4. The number of rotatable bonds is 16. The number of nitrogens with zero attached hydrogens (tertiary/aromatic N) is 4. The van der Waals surface area contributed by atoms with Crippen molar-refractivity contribution in [3.8, 4) is 0 Å². The van der Waals surface area contributed by atoms with E-state index in [0.29, 0.717) is 22.3 Å². The summed E-state index contributed by atoms with van der Waals surface area (Å²) in [5.41, 5.74) is 1.22. The maximum atomic E-state index is 14.4. The van der Waals surface area contributed by atoms with Gasteiger partial charge in [-0.1, -0.05) is 121 Å². The van der Waals surface area contributed by atoms with E-state index in [2.05, 4.69) is 41.2 Å². The zero-order valence-corrected chi connectivity index (χ0v) is 45.8. The smallest absolute Gasteiger partial charge is 0.308 e. The summed E-state index contributed by atoms with van der Waals surface area (Å²) >= 11 is 0. The number of oxazole rings is 4. The molecule has 0 unspecified atom stereocenters. The maximum absolute atomic E-state index is 14.4. The first-order valence-electron chi connectivity index (χ1n) is 26.4. The molecule has 4 aromatic carbocycles. The van der Waals surface area contributed by atoms with Crippen molar-refractivity contribution in [1.82, 2.24) is 41.2 Å². The average molecular weight is 1150 g/mol. The van der Waals surface area contributed by atoms with Gasteiger partial charge in [0.2, 0.25) is 23.6 Å². The largest absolute Gasteiger partial charge is 0.461 e. The second kappa shape index (κ2) is 26.8. The molecular weight excluding hydrogens is 1090 g/mol. The minimum Gasteiger partial charge on any atom is -0.461 e. The lowest BCUT2D eigenvalue weighted by Gasteiger charge is -2.16. The summed E-state index contributed by atoms with van der Waals surface area (Å²) in [5.74, 6) is -8.83. The standard InChI is InChI=1S/C60H56N8O16/c1-33-49-53(73)61-42(26-46(70)78-30-38-19-11-6-12-20-38)58-66-51(35(3)82-58)55(75)63-44(28-48(72)80-32-40-23-15-8-16-24-40)60-68-52(36(4)84-60)56(76)64-43(27-47(71)79-31-39-21-13-7-14-22-39)59-67-50(34(2)83-59)54(74)62-41(57(65-49)81-33)25-45(69)77-29-37-17-9-5-10-18-37/h5-24,41-44H,25-32H2,1-4H3,(H,61,73)(H,62,74)(H,63,75)(H,64,76)/t41-,42-,43-,44-/m0/s1. The Balaban J connectivity index is 1.09. The number of ether oxygens (including phenoxy) is 4. The van der Waals surface area contributed by atoms with E-state index in [9.17, 15) is 38.4 Å². The highest BCUT2D eigenvalue weighted by atomic mass is 16.5. The van der Waals surface area contributed by atoms with Crippen LogP contribution in [-0.4, -0.2) is 67.4 Å². The van der Waals surface area contributed by atoms with Crippen molar-refractivity contribution < 1.29 is 75.0 Å². The molecular formula is C60H56N8O16. The lowest BCUT2D eigenvalue weighted by molar-refractivity contribution is -0.146. The van der Waals surface area contributed by atoms with Gasteiger partial charge in [0.15, 0.2) is 22.8 Å². The summed E-state index contributed by atoms with van der Waals surface area (Å²) in [6, 6.07) is 29.4. The van der Waals surface area contributed by atoms with Crippen molar-refractivity contribution in [2.45, 2.75) is 104 Å². The van der Waals surface area contributed by atoms with E-state index in [-0.39, 0.29) is 95.8 Å². The van der Waals surface area contributed by atoms with Crippen LogP contribution in [0.15, 0.2) is 139 Å². The monoisotopic (exact) mass is 1140 g/mol. The van der Waals surface area contributed by atoms with Crippen LogP contribution in [0, 0.1) is 27.7 Å². The predicted molar refractivity (Wildman–Crippen MR) is 289 cm³/mol. The van der Waals surface area contributed by atoms with Crippen LogP contribution in [-0.2, 0) is 64.6 Å². The van der Waals surface area contributed by atoms with Gasteiger partial charge in [0, 0.05) is 0 Å². The van der Waals surface area contributed by atoms with Gasteiger partial charge in [0.1, 0.15) is 73.6 Å². The molecule has 0 saturated heterocycles. The Hall–Kier alpha value is -10.5. The van der Waals surface area contributed by atoms with E-state index >= 15 is 0 Å². The molecule has 1 aliphatic heterocycles. The molecule has 0 radical (unpaired) electrons. The number of hydrogen-bond donors (Lipinski definition) is 4. The molecule has 0 fully saturated rings. The molecule has 24 nitrogen and oxygen atoms in total. The van der Waals surface area contributed by atoms with Gasteiger partial charge in [0.25, 0.3) is 23.6 Å². The van der Waals surface area contributed by atoms with Gasteiger partial charge in [-0.25, -0.2) is 19.9 Å². The van der Waals surface area contributed by atoms with E-state index in [0.717, 1.165) is 0 Å². The van der Waals surface area contributed by atoms with Crippen LogP contribution in [0.2, 0.25) is 0 Å². The molecule has 0 aliphatic carbocycles. The van der Waals surface area contributed by atoms with Crippen molar-refractivity contribution in [3.63, 3.8) is 0 Å². The third-order valence-electron chi connectivity index (χ3n) is 13.0. The molecule has 8 bridgehead atoms. The van der Waals surface area contributed by atoms with Crippen LogP contribution in [0.3, 0.4) is 0 Å². The Labute approximate surface area is 479 Å². The van der Waals surface area contributed by atoms with Gasteiger partial charge in [0.05, 0.1) is 25.7 Å². The highest BCUT2D eigenvalue weighted by Crippen LogP contribution is 2.29. The number of hydrogen-bond acceptors (Lipinski definition) is 20. The molecule has 0 spiro atoms. The van der Waals surface area contributed by atoms with Crippen molar-refractivity contribution in [3.05, 3.63) is 213 Å². The molecule has 432 valence electrons. The third kappa shape index (κ3) is 15.1. The summed E-state index contributed by atoms with van der Waals surface area (Å²) in [5, 5.41) is 10.7. The fraction of sp³-hybridized carbons (Fsp3) is 0.267. The third-order valence-corrected chi connectivity index (χ3v) is 13.0. The number of carbonyl (C=O) groups is 8. The Bertz CT molecular complexity index is 3190. The first-order chi connectivity index (χ1) is 40.5. The molecule has 0 saturated carbocycles. The number of fused-ring (bicyclic) bond motifs is 8. The highest BCUT2D eigenvalue weighted by Gasteiger charge is 2.36. The molecule has 4 N–H and O–H groups in total. The number of benzene rings is 4. The maximum Gasteiger partial charge on any atom is 0.308 e. The fourth-order valence-corrected chi connectivity index (χ4v) is 8.67. The van der Waals surface area contributed by atoms with Crippen molar-refractivity contribution in [1.29, 1.82) is 0 Å². The molecule has 84 heavy (non-hydrogen) atoms. The van der Waals surface area contributed by atoms with Gasteiger partial charge in [-0.3, -0.25) is 38.4 Å². The lowest BCUT2D eigenvalue weighted by Crippen LogP contribution is -2.34. The van der Waals surface area contributed by atoms with Gasteiger partial charge < -0.3 is 57.9 Å². The molecule has 24 heteroatoms. The molecule has 4 amide bonds. The van der Waals surface area contributed by atoms with Crippen LogP contribution < -0.4 is 21.3 Å². The lowest BCUT2D eigenvalue weighted by atomic mass is 10.1. The summed E-state index contributed by atoms with van der Waals surface area (Å²) < 4.78 is 46.3. The first-order valence-corrected chi connectivity index (χ1v) is 26.4. The van der Waals surface area contributed by atoms with Gasteiger partial charge in [-0.05, 0) is 49.9 Å². The highest BCUT2D eigenvalue weighted by molar-refractivity contribution is 5.96. The molecule has 5 heterocycles. The summed E-state index contributed by atoms with van der Waals surface area (Å²) in [6.45, 7) is 5.03. The minimum atomic E-state index is -1.45. The topological polar surface area (TPSA) is 326 Å². The first kappa shape index (κ1) is 58.1. The Kier molecular flexibility index (Phi) is 18.6. The number of aromatic nitrogens is 4. The summed E-state index contributed by atoms with van der Waals surface area (Å²) in [6.07, 6.45) is -2.39. The van der Waals surface area contributed by atoms with E-state index in [1.807, 2.05) is 0 Å². The van der Waals surface area contributed by atoms with Crippen LogP contribution in [0.4, 0.5) is 0 Å². The second-order valence-electron chi connectivity index (χ2n) is 19.3. The zero-order valence-electron chi connectivity index (χ0n) is 45.8. The number of amides is 4. The van der Waals surface area contributed by atoms with E-state index in [1.165, 1.54) is 27.7 Å². The quantitative estimate of drug-likeness (QED) is 0.0534. The molecule has 8 aromatic rings. The van der Waals surface area contributed by atoms with Crippen LogP contribution >= 0.6 is 0 Å².